The normalized spacial score (nSPS) is 10.8. The standard InChI is InChI=1S/C22H22FNO/c23-22-19(16-25-15-7-14-24)12-13-20(17-8-3-1-4-9-17)21(22)18-10-5-2-6-11-18/h1-6,8-13H,7,14-16,24H2. The van der Waals surface area contributed by atoms with E-state index in [0.29, 0.717) is 24.3 Å². The first kappa shape index (κ1) is 17.3. The molecule has 0 saturated carbocycles. The molecule has 3 heteroatoms. The van der Waals surface area contributed by atoms with Crippen LogP contribution in [0.1, 0.15) is 12.0 Å². The van der Waals surface area contributed by atoms with Crippen molar-refractivity contribution in [3.63, 3.8) is 0 Å². The summed E-state index contributed by atoms with van der Waals surface area (Å²) < 4.78 is 20.9. The third-order valence-corrected chi connectivity index (χ3v) is 4.12. The molecule has 0 aliphatic carbocycles. The lowest BCUT2D eigenvalue weighted by Crippen LogP contribution is -2.05. The van der Waals surface area contributed by atoms with Crippen LogP contribution in [-0.4, -0.2) is 13.2 Å². The highest BCUT2D eigenvalue weighted by Crippen LogP contribution is 2.35. The molecule has 2 N–H and O–H groups in total. The number of hydrogen-bond acceptors (Lipinski definition) is 2. The predicted molar refractivity (Wildman–Crippen MR) is 101 cm³/mol. The summed E-state index contributed by atoms with van der Waals surface area (Å²) in [4.78, 5) is 0. The Morgan fingerprint density at radius 2 is 1.44 bits per heavy atom. The minimum Gasteiger partial charge on any atom is -0.377 e. The van der Waals surface area contributed by atoms with Crippen LogP contribution in [0.4, 0.5) is 4.39 Å². The summed E-state index contributed by atoms with van der Waals surface area (Å²) in [5.41, 5.74) is 9.39. The zero-order valence-corrected chi connectivity index (χ0v) is 14.1. The van der Waals surface area contributed by atoms with E-state index in [0.717, 1.165) is 23.1 Å². The van der Waals surface area contributed by atoms with E-state index in [9.17, 15) is 0 Å². The Bertz CT molecular complexity index is 803. The van der Waals surface area contributed by atoms with Crippen LogP contribution in [-0.2, 0) is 11.3 Å². The van der Waals surface area contributed by atoms with Crippen molar-refractivity contribution in [3.8, 4) is 22.3 Å². The maximum atomic E-state index is 15.3. The Hall–Kier alpha value is -2.49. The fourth-order valence-corrected chi connectivity index (χ4v) is 2.84. The van der Waals surface area contributed by atoms with E-state index in [-0.39, 0.29) is 12.4 Å². The molecule has 0 aliphatic heterocycles. The number of ether oxygens (including phenoxy) is 1. The Labute approximate surface area is 148 Å². The van der Waals surface area contributed by atoms with Crippen molar-refractivity contribution >= 4 is 0 Å². The van der Waals surface area contributed by atoms with Gasteiger partial charge in [0.2, 0.25) is 0 Å². The summed E-state index contributed by atoms with van der Waals surface area (Å²) in [6, 6.07) is 23.3. The highest BCUT2D eigenvalue weighted by molar-refractivity contribution is 5.84. The molecular weight excluding hydrogens is 313 g/mol. The second-order valence-corrected chi connectivity index (χ2v) is 5.89. The van der Waals surface area contributed by atoms with Gasteiger partial charge in [-0.3, -0.25) is 0 Å². The van der Waals surface area contributed by atoms with Crippen molar-refractivity contribution in [2.24, 2.45) is 5.73 Å². The first-order chi connectivity index (χ1) is 12.3. The van der Waals surface area contributed by atoms with Crippen LogP contribution >= 0.6 is 0 Å². The molecule has 3 rings (SSSR count). The summed E-state index contributed by atoms with van der Waals surface area (Å²) in [5.74, 6) is -0.222. The fourth-order valence-electron chi connectivity index (χ4n) is 2.84. The molecule has 0 fully saturated rings. The van der Waals surface area contributed by atoms with Gasteiger partial charge in [0.1, 0.15) is 5.82 Å². The van der Waals surface area contributed by atoms with E-state index in [1.807, 2.05) is 72.8 Å². The smallest absolute Gasteiger partial charge is 0.137 e. The number of hydrogen-bond donors (Lipinski definition) is 1. The van der Waals surface area contributed by atoms with Gasteiger partial charge in [-0.2, -0.15) is 0 Å². The Morgan fingerprint density at radius 3 is 2.08 bits per heavy atom. The van der Waals surface area contributed by atoms with Crippen molar-refractivity contribution in [2.75, 3.05) is 13.2 Å². The van der Waals surface area contributed by atoms with Gasteiger partial charge in [0.25, 0.3) is 0 Å². The van der Waals surface area contributed by atoms with Gasteiger partial charge < -0.3 is 10.5 Å². The van der Waals surface area contributed by atoms with E-state index >= 15 is 4.39 Å². The second kappa shape index (κ2) is 8.56. The second-order valence-electron chi connectivity index (χ2n) is 5.89. The van der Waals surface area contributed by atoms with Crippen LogP contribution in [0.5, 0.6) is 0 Å². The highest BCUT2D eigenvalue weighted by Gasteiger charge is 2.16. The number of nitrogens with two attached hydrogens (primary N) is 1. The first-order valence-electron chi connectivity index (χ1n) is 8.51. The maximum Gasteiger partial charge on any atom is 0.137 e. The molecular formula is C22H22FNO. The average molecular weight is 335 g/mol. The molecule has 3 aromatic rings. The quantitative estimate of drug-likeness (QED) is 0.615. The van der Waals surface area contributed by atoms with E-state index < -0.39 is 0 Å². The molecule has 0 amide bonds. The molecule has 25 heavy (non-hydrogen) atoms. The molecule has 0 spiro atoms. The van der Waals surface area contributed by atoms with E-state index in [1.165, 1.54) is 0 Å². The van der Waals surface area contributed by atoms with Gasteiger partial charge in [-0.05, 0) is 29.7 Å². The van der Waals surface area contributed by atoms with Gasteiger partial charge in [-0.1, -0.05) is 72.8 Å². The first-order valence-corrected chi connectivity index (χ1v) is 8.51. The van der Waals surface area contributed by atoms with Gasteiger partial charge >= 0.3 is 0 Å². The molecule has 2 nitrogen and oxygen atoms in total. The third kappa shape index (κ3) is 4.13. The van der Waals surface area contributed by atoms with E-state index in [2.05, 4.69) is 0 Å². The third-order valence-electron chi connectivity index (χ3n) is 4.12. The number of rotatable bonds is 7. The van der Waals surface area contributed by atoms with Crippen LogP contribution < -0.4 is 5.73 Å². The summed E-state index contributed by atoms with van der Waals surface area (Å²) in [7, 11) is 0. The van der Waals surface area contributed by atoms with Gasteiger partial charge in [0.05, 0.1) is 6.61 Å². The number of benzene rings is 3. The van der Waals surface area contributed by atoms with Gasteiger partial charge in [0.15, 0.2) is 0 Å². The van der Waals surface area contributed by atoms with Crippen LogP contribution in [0, 0.1) is 5.82 Å². The number of halogens is 1. The van der Waals surface area contributed by atoms with Gasteiger partial charge in [-0.25, -0.2) is 4.39 Å². The van der Waals surface area contributed by atoms with Crippen molar-refractivity contribution < 1.29 is 9.13 Å². The summed E-state index contributed by atoms with van der Waals surface area (Å²) in [6.07, 6.45) is 0.773. The fraction of sp³-hybridized carbons (Fsp3) is 0.182. The van der Waals surface area contributed by atoms with Gasteiger partial charge in [0, 0.05) is 17.7 Å². The molecule has 0 aromatic heterocycles. The Kier molecular flexibility index (Phi) is 5.94. The predicted octanol–water partition coefficient (Wildman–Crippen LogP) is 5.03. The van der Waals surface area contributed by atoms with Crippen LogP contribution in [0.25, 0.3) is 22.3 Å². The van der Waals surface area contributed by atoms with Crippen molar-refractivity contribution in [2.45, 2.75) is 13.0 Å². The van der Waals surface area contributed by atoms with Crippen molar-refractivity contribution in [3.05, 3.63) is 84.2 Å². The molecule has 0 atom stereocenters. The zero-order valence-electron chi connectivity index (χ0n) is 14.1. The lowest BCUT2D eigenvalue weighted by Gasteiger charge is -2.15. The van der Waals surface area contributed by atoms with Crippen LogP contribution in [0.3, 0.4) is 0 Å². The minimum atomic E-state index is -0.222. The molecule has 0 radical (unpaired) electrons. The topological polar surface area (TPSA) is 35.2 Å². The van der Waals surface area contributed by atoms with Crippen LogP contribution in [0.2, 0.25) is 0 Å². The van der Waals surface area contributed by atoms with Crippen molar-refractivity contribution in [1.82, 2.24) is 0 Å². The molecule has 0 bridgehead atoms. The SMILES string of the molecule is NCCCOCc1ccc(-c2ccccc2)c(-c2ccccc2)c1F. The summed E-state index contributed by atoms with van der Waals surface area (Å²) in [6.45, 7) is 1.36. The summed E-state index contributed by atoms with van der Waals surface area (Å²) >= 11 is 0. The van der Waals surface area contributed by atoms with Gasteiger partial charge in [-0.15, -0.1) is 0 Å². The lowest BCUT2D eigenvalue weighted by atomic mass is 9.92. The Morgan fingerprint density at radius 1 is 0.800 bits per heavy atom. The van der Waals surface area contributed by atoms with Crippen LogP contribution in [0.15, 0.2) is 72.8 Å². The molecule has 0 unspecified atom stereocenters. The lowest BCUT2D eigenvalue weighted by molar-refractivity contribution is 0.117. The molecule has 0 heterocycles. The maximum absolute atomic E-state index is 15.3. The molecule has 0 saturated heterocycles. The summed E-state index contributed by atoms with van der Waals surface area (Å²) in [5, 5.41) is 0. The molecule has 128 valence electrons. The Balaban J connectivity index is 2.03. The molecule has 3 aromatic carbocycles. The van der Waals surface area contributed by atoms with Crippen molar-refractivity contribution in [1.29, 1.82) is 0 Å². The zero-order chi connectivity index (χ0) is 17.5. The molecule has 0 aliphatic rings. The minimum absolute atomic E-state index is 0.222. The average Bonchev–Trinajstić information content (AvgIpc) is 2.67. The monoisotopic (exact) mass is 335 g/mol. The largest absolute Gasteiger partial charge is 0.377 e. The highest BCUT2D eigenvalue weighted by atomic mass is 19.1. The van der Waals surface area contributed by atoms with E-state index in [4.69, 9.17) is 10.5 Å². The van der Waals surface area contributed by atoms with E-state index in [1.54, 1.807) is 0 Å².